The molecule has 1 aromatic carbocycles. The molecule has 1 aromatic rings. The Kier molecular flexibility index (Phi) is 5.59. The van der Waals surface area contributed by atoms with E-state index in [-0.39, 0.29) is 10.9 Å². The van der Waals surface area contributed by atoms with Crippen molar-refractivity contribution in [3.8, 4) is 0 Å². The summed E-state index contributed by atoms with van der Waals surface area (Å²) >= 11 is 7.15. The Hall–Kier alpha value is -0.780. The lowest BCUT2D eigenvalue weighted by Gasteiger charge is -2.02. The van der Waals surface area contributed by atoms with Gasteiger partial charge in [0, 0.05) is 11.3 Å². The van der Waals surface area contributed by atoms with Crippen LogP contribution < -0.4 is 11.3 Å². The van der Waals surface area contributed by atoms with Gasteiger partial charge in [-0.3, -0.25) is 10.2 Å². The first kappa shape index (κ1) is 13.3. The van der Waals surface area contributed by atoms with Gasteiger partial charge in [-0.1, -0.05) is 11.6 Å². The van der Waals surface area contributed by atoms with E-state index < -0.39 is 5.82 Å². The Morgan fingerprint density at radius 3 is 2.94 bits per heavy atom. The average molecular weight is 263 g/mol. The van der Waals surface area contributed by atoms with E-state index in [0.29, 0.717) is 12.8 Å². The van der Waals surface area contributed by atoms with Gasteiger partial charge in [-0.25, -0.2) is 10.2 Å². The topological polar surface area (TPSA) is 55.1 Å². The molecule has 0 aliphatic carbocycles. The third-order valence-corrected chi connectivity index (χ3v) is 3.24. The molecule has 0 saturated carbocycles. The maximum Gasteiger partial charge on any atom is 0.233 e. The van der Waals surface area contributed by atoms with E-state index in [4.69, 9.17) is 17.4 Å². The number of nitrogens with two attached hydrogens (primary N) is 1. The molecule has 0 aliphatic heterocycles. The van der Waals surface area contributed by atoms with E-state index in [1.54, 1.807) is 12.1 Å². The van der Waals surface area contributed by atoms with Gasteiger partial charge in [0.1, 0.15) is 5.82 Å². The van der Waals surface area contributed by atoms with Crippen molar-refractivity contribution >= 4 is 29.3 Å². The zero-order valence-electron chi connectivity index (χ0n) is 8.50. The second-order valence-corrected chi connectivity index (χ2v) is 4.67. The molecule has 0 saturated heterocycles. The molecule has 6 heteroatoms. The Morgan fingerprint density at radius 2 is 2.31 bits per heavy atom. The number of hydrogen-bond acceptors (Lipinski definition) is 3. The standard InChI is InChI=1S/C10H12ClFN2OS/c11-8-6-7(3-4-9(8)12)16-5-1-2-10(15)14-13/h3-4,6H,1-2,5,13H2,(H,14,15). The minimum absolute atomic E-state index is 0.115. The third kappa shape index (κ3) is 4.38. The third-order valence-electron chi connectivity index (χ3n) is 1.87. The van der Waals surface area contributed by atoms with Crippen molar-refractivity contribution in [2.45, 2.75) is 17.7 Å². The molecule has 0 aliphatic rings. The average Bonchev–Trinajstić information content (AvgIpc) is 2.28. The number of amides is 1. The molecular formula is C10H12ClFN2OS. The van der Waals surface area contributed by atoms with Crippen LogP contribution in [0.3, 0.4) is 0 Å². The van der Waals surface area contributed by atoms with E-state index in [1.165, 1.54) is 17.8 Å². The number of hydrogen-bond donors (Lipinski definition) is 2. The van der Waals surface area contributed by atoms with Crippen LogP contribution in [0.4, 0.5) is 4.39 Å². The maximum absolute atomic E-state index is 12.8. The molecule has 0 spiro atoms. The van der Waals surface area contributed by atoms with Gasteiger partial charge in [-0.15, -0.1) is 11.8 Å². The minimum Gasteiger partial charge on any atom is -0.294 e. The summed E-state index contributed by atoms with van der Waals surface area (Å²) in [6.07, 6.45) is 1.10. The highest BCUT2D eigenvalue weighted by atomic mass is 35.5. The smallest absolute Gasteiger partial charge is 0.233 e. The van der Waals surface area contributed by atoms with Gasteiger partial charge in [0.15, 0.2) is 0 Å². The lowest BCUT2D eigenvalue weighted by atomic mass is 10.3. The zero-order valence-corrected chi connectivity index (χ0v) is 10.1. The first-order chi connectivity index (χ1) is 7.63. The van der Waals surface area contributed by atoms with Crippen molar-refractivity contribution in [2.24, 2.45) is 5.84 Å². The fourth-order valence-corrected chi connectivity index (χ4v) is 2.20. The first-order valence-corrected chi connectivity index (χ1v) is 6.07. The number of benzene rings is 1. The summed E-state index contributed by atoms with van der Waals surface area (Å²) in [4.78, 5) is 11.7. The summed E-state index contributed by atoms with van der Waals surface area (Å²) < 4.78 is 12.8. The molecule has 16 heavy (non-hydrogen) atoms. The van der Waals surface area contributed by atoms with Crippen LogP contribution in [0, 0.1) is 5.82 Å². The van der Waals surface area contributed by atoms with Gasteiger partial charge >= 0.3 is 0 Å². The second-order valence-electron chi connectivity index (χ2n) is 3.10. The van der Waals surface area contributed by atoms with Crippen molar-refractivity contribution in [3.63, 3.8) is 0 Å². The predicted octanol–water partition coefficient (Wildman–Crippen LogP) is 2.34. The van der Waals surface area contributed by atoms with Gasteiger partial charge in [0.05, 0.1) is 5.02 Å². The molecule has 3 nitrogen and oxygen atoms in total. The molecule has 0 heterocycles. The summed E-state index contributed by atoms with van der Waals surface area (Å²) in [5.41, 5.74) is 2.06. The van der Waals surface area contributed by atoms with E-state index in [2.05, 4.69) is 5.43 Å². The monoisotopic (exact) mass is 262 g/mol. The highest BCUT2D eigenvalue weighted by molar-refractivity contribution is 7.99. The fraction of sp³-hybridized carbons (Fsp3) is 0.300. The van der Waals surface area contributed by atoms with Crippen molar-refractivity contribution in [1.29, 1.82) is 0 Å². The highest BCUT2D eigenvalue weighted by Crippen LogP contribution is 2.24. The Morgan fingerprint density at radius 1 is 1.56 bits per heavy atom. The van der Waals surface area contributed by atoms with Gasteiger partial charge in [0.25, 0.3) is 0 Å². The first-order valence-electron chi connectivity index (χ1n) is 4.71. The lowest BCUT2D eigenvalue weighted by molar-refractivity contribution is -0.121. The molecule has 88 valence electrons. The van der Waals surface area contributed by atoms with Crippen molar-refractivity contribution in [3.05, 3.63) is 29.0 Å². The Labute approximate surface area is 103 Å². The van der Waals surface area contributed by atoms with Crippen LogP contribution in [0.1, 0.15) is 12.8 Å². The molecular weight excluding hydrogens is 251 g/mol. The van der Waals surface area contributed by atoms with Crippen LogP contribution in [0.25, 0.3) is 0 Å². The zero-order chi connectivity index (χ0) is 12.0. The fourth-order valence-electron chi connectivity index (χ4n) is 1.06. The number of nitrogens with one attached hydrogen (secondary N) is 1. The molecule has 0 radical (unpaired) electrons. The summed E-state index contributed by atoms with van der Waals surface area (Å²) in [5.74, 6) is 5.09. The van der Waals surface area contributed by atoms with Crippen LogP contribution in [0.5, 0.6) is 0 Å². The SMILES string of the molecule is NNC(=O)CCCSc1ccc(F)c(Cl)c1. The normalized spacial score (nSPS) is 10.2. The Bertz CT molecular complexity index is 376. The molecule has 1 amide bonds. The molecule has 0 unspecified atom stereocenters. The van der Waals surface area contributed by atoms with E-state index >= 15 is 0 Å². The van der Waals surface area contributed by atoms with Gasteiger partial charge < -0.3 is 0 Å². The molecule has 0 bridgehead atoms. The van der Waals surface area contributed by atoms with E-state index in [1.807, 2.05) is 0 Å². The van der Waals surface area contributed by atoms with E-state index in [0.717, 1.165) is 10.6 Å². The van der Waals surface area contributed by atoms with Crippen LogP contribution in [-0.4, -0.2) is 11.7 Å². The number of thioether (sulfide) groups is 1. The molecule has 0 aromatic heterocycles. The quantitative estimate of drug-likeness (QED) is 0.282. The minimum atomic E-state index is -0.423. The lowest BCUT2D eigenvalue weighted by Crippen LogP contribution is -2.29. The van der Waals surface area contributed by atoms with Gasteiger partial charge in [-0.2, -0.15) is 0 Å². The number of carbonyl (C=O) groups is 1. The van der Waals surface area contributed by atoms with Crippen LogP contribution in [-0.2, 0) is 4.79 Å². The second kappa shape index (κ2) is 6.73. The largest absolute Gasteiger partial charge is 0.294 e. The summed E-state index contributed by atoms with van der Waals surface area (Å²) in [5, 5.41) is 0.115. The summed E-state index contributed by atoms with van der Waals surface area (Å²) in [6.45, 7) is 0. The summed E-state index contributed by atoms with van der Waals surface area (Å²) in [6, 6.07) is 4.57. The molecule has 3 N–H and O–H groups in total. The number of rotatable bonds is 5. The molecule has 1 rings (SSSR count). The van der Waals surface area contributed by atoms with Crippen molar-refractivity contribution in [1.82, 2.24) is 5.43 Å². The predicted molar refractivity (Wildman–Crippen MR) is 63.7 cm³/mol. The molecule has 0 atom stereocenters. The van der Waals surface area contributed by atoms with Crippen LogP contribution in [0.2, 0.25) is 5.02 Å². The number of halogens is 2. The van der Waals surface area contributed by atoms with E-state index in [9.17, 15) is 9.18 Å². The van der Waals surface area contributed by atoms with Crippen LogP contribution in [0.15, 0.2) is 23.1 Å². The van der Waals surface area contributed by atoms with Crippen LogP contribution >= 0.6 is 23.4 Å². The van der Waals surface area contributed by atoms with Gasteiger partial charge in [-0.05, 0) is 30.4 Å². The molecule has 0 fully saturated rings. The Balaban J connectivity index is 2.32. The number of carbonyl (C=O) groups excluding carboxylic acids is 1. The van der Waals surface area contributed by atoms with Gasteiger partial charge in [0.2, 0.25) is 5.91 Å². The number of hydrazine groups is 1. The summed E-state index contributed by atoms with van der Waals surface area (Å²) in [7, 11) is 0. The maximum atomic E-state index is 12.8. The van der Waals surface area contributed by atoms with Crippen molar-refractivity contribution in [2.75, 3.05) is 5.75 Å². The van der Waals surface area contributed by atoms with Crippen molar-refractivity contribution < 1.29 is 9.18 Å². The highest BCUT2D eigenvalue weighted by Gasteiger charge is 2.02.